The Bertz CT molecular complexity index is 858. The van der Waals surface area contributed by atoms with E-state index >= 15 is 0 Å². The first-order chi connectivity index (χ1) is 12.7. The summed E-state index contributed by atoms with van der Waals surface area (Å²) in [5.74, 6) is 0.681. The van der Waals surface area contributed by atoms with Crippen molar-refractivity contribution in [1.29, 1.82) is 0 Å². The Kier molecular flexibility index (Phi) is 4.75. The number of piperazine rings is 1. The van der Waals surface area contributed by atoms with Crippen molar-refractivity contribution in [2.75, 3.05) is 31.1 Å². The zero-order chi connectivity index (χ0) is 17.9. The van der Waals surface area contributed by atoms with E-state index in [0.717, 1.165) is 26.2 Å². The van der Waals surface area contributed by atoms with Gasteiger partial charge in [-0.2, -0.15) is 4.98 Å². The van der Waals surface area contributed by atoms with Crippen LogP contribution < -0.4 is 4.90 Å². The molecule has 0 aliphatic carbocycles. The molecule has 0 saturated carbocycles. The molecule has 26 heavy (non-hydrogen) atoms. The van der Waals surface area contributed by atoms with Crippen LogP contribution >= 0.6 is 11.8 Å². The number of para-hydroxylation sites is 1. The van der Waals surface area contributed by atoms with Gasteiger partial charge in [0.15, 0.2) is 0 Å². The van der Waals surface area contributed by atoms with Crippen LogP contribution in [0.15, 0.2) is 53.9 Å². The summed E-state index contributed by atoms with van der Waals surface area (Å²) in [6.45, 7) is 5.08. The van der Waals surface area contributed by atoms with Gasteiger partial charge in [-0.25, -0.2) is 9.50 Å². The summed E-state index contributed by atoms with van der Waals surface area (Å²) in [6, 6.07) is 12.1. The molecule has 1 aromatic carbocycles. The van der Waals surface area contributed by atoms with Crippen LogP contribution in [0, 0.1) is 0 Å². The van der Waals surface area contributed by atoms with Crippen LogP contribution in [0.5, 0.6) is 0 Å². The minimum absolute atomic E-state index is 0.134. The fourth-order valence-corrected chi connectivity index (χ4v) is 3.89. The highest BCUT2D eigenvalue weighted by molar-refractivity contribution is 8.00. The van der Waals surface area contributed by atoms with E-state index < -0.39 is 0 Å². The van der Waals surface area contributed by atoms with Crippen molar-refractivity contribution in [3.8, 4) is 0 Å². The van der Waals surface area contributed by atoms with Gasteiger partial charge >= 0.3 is 0 Å². The number of aromatic nitrogens is 4. The average Bonchev–Trinajstić information content (AvgIpc) is 3.10. The van der Waals surface area contributed by atoms with Crippen molar-refractivity contribution < 1.29 is 4.79 Å². The molecule has 1 aliphatic rings. The Labute approximate surface area is 156 Å². The first-order valence-corrected chi connectivity index (χ1v) is 9.51. The van der Waals surface area contributed by atoms with Gasteiger partial charge < -0.3 is 9.80 Å². The van der Waals surface area contributed by atoms with Gasteiger partial charge in [0.2, 0.25) is 11.1 Å². The van der Waals surface area contributed by atoms with Crippen molar-refractivity contribution >= 4 is 29.1 Å². The van der Waals surface area contributed by atoms with Crippen molar-refractivity contribution in [1.82, 2.24) is 24.5 Å². The number of rotatable bonds is 4. The quantitative estimate of drug-likeness (QED) is 0.656. The third-order valence-corrected chi connectivity index (χ3v) is 5.38. The highest BCUT2D eigenvalue weighted by Crippen LogP contribution is 2.23. The SMILES string of the molecule is CC(Sc1nc2ncccn2n1)C(=O)N1CCN(c2ccccc2)CC1. The standard InChI is InChI=1S/C18H20N6OS/c1-14(26-18-20-17-19-8-5-9-24(17)21-18)16(25)23-12-10-22(11-13-23)15-6-3-2-4-7-15/h2-9,14H,10-13H2,1H3. The van der Waals surface area contributed by atoms with Crippen LogP contribution in [0.3, 0.4) is 0 Å². The van der Waals surface area contributed by atoms with Crippen molar-refractivity contribution in [3.63, 3.8) is 0 Å². The maximum absolute atomic E-state index is 12.8. The lowest BCUT2D eigenvalue weighted by molar-refractivity contribution is -0.130. The lowest BCUT2D eigenvalue weighted by Crippen LogP contribution is -2.50. The van der Waals surface area contributed by atoms with E-state index in [4.69, 9.17) is 0 Å². The Balaban J connectivity index is 1.35. The van der Waals surface area contributed by atoms with Gasteiger partial charge in [0.25, 0.3) is 5.78 Å². The molecule has 4 rings (SSSR count). The second-order valence-corrected chi connectivity index (χ2v) is 7.47. The minimum atomic E-state index is -0.226. The van der Waals surface area contributed by atoms with Crippen LogP contribution in [0.2, 0.25) is 0 Å². The number of fused-ring (bicyclic) bond motifs is 1. The molecule has 0 radical (unpaired) electrons. The number of thioether (sulfide) groups is 1. The number of hydrogen-bond donors (Lipinski definition) is 0. The Morgan fingerprint density at radius 2 is 1.88 bits per heavy atom. The molecule has 8 heteroatoms. The van der Waals surface area contributed by atoms with Crippen molar-refractivity contribution in [2.24, 2.45) is 0 Å². The first kappa shape index (κ1) is 16.8. The van der Waals surface area contributed by atoms with Gasteiger partial charge in [-0.05, 0) is 25.1 Å². The van der Waals surface area contributed by atoms with Gasteiger partial charge in [0.05, 0.1) is 5.25 Å². The van der Waals surface area contributed by atoms with E-state index in [-0.39, 0.29) is 11.2 Å². The summed E-state index contributed by atoms with van der Waals surface area (Å²) in [6.07, 6.45) is 3.48. The predicted molar refractivity (Wildman–Crippen MR) is 101 cm³/mol. The Hall–Kier alpha value is -2.61. The third-order valence-electron chi connectivity index (χ3n) is 4.44. The zero-order valence-corrected chi connectivity index (χ0v) is 15.3. The topological polar surface area (TPSA) is 66.6 Å². The molecule has 0 N–H and O–H groups in total. The highest BCUT2D eigenvalue weighted by atomic mass is 32.2. The average molecular weight is 368 g/mol. The molecule has 3 heterocycles. The lowest BCUT2D eigenvalue weighted by atomic mass is 10.2. The molecule has 1 amide bonds. The van der Waals surface area contributed by atoms with E-state index in [1.165, 1.54) is 17.4 Å². The number of hydrogen-bond acceptors (Lipinski definition) is 6. The number of benzene rings is 1. The summed E-state index contributed by atoms with van der Waals surface area (Å²) >= 11 is 1.38. The van der Waals surface area contributed by atoms with E-state index in [1.54, 1.807) is 23.0 Å². The molecule has 1 unspecified atom stereocenters. The zero-order valence-electron chi connectivity index (χ0n) is 14.5. The van der Waals surface area contributed by atoms with Crippen molar-refractivity contribution in [3.05, 3.63) is 48.8 Å². The number of carbonyl (C=O) groups excluding carboxylic acids is 1. The molecule has 7 nitrogen and oxygen atoms in total. The number of anilines is 1. The third kappa shape index (κ3) is 3.50. The van der Waals surface area contributed by atoms with Gasteiger partial charge in [0.1, 0.15) is 0 Å². The fourth-order valence-electron chi connectivity index (χ4n) is 3.05. The van der Waals surface area contributed by atoms with Crippen LogP contribution in [-0.2, 0) is 4.79 Å². The summed E-state index contributed by atoms with van der Waals surface area (Å²) in [4.78, 5) is 25.5. The van der Waals surface area contributed by atoms with Crippen LogP contribution in [0.25, 0.3) is 5.78 Å². The van der Waals surface area contributed by atoms with Gasteiger partial charge in [-0.3, -0.25) is 4.79 Å². The highest BCUT2D eigenvalue weighted by Gasteiger charge is 2.26. The molecule has 134 valence electrons. The van der Waals surface area contributed by atoms with Crippen LogP contribution in [0.4, 0.5) is 5.69 Å². The Morgan fingerprint density at radius 1 is 1.12 bits per heavy atom. The molecule has 0 spiro atoms. The normalized spacial score (nSPS) is 16.0. The molecule has 1 atom stereocenters. The minimum Gasteiger partial charge on any atom is -0.368 e. The fraction of sp³-hybridized carbons (Fsp3) is 0.333. The van der Waals surface area contributed by atoms with E-state index in [1.807, 2.05) is 30.0 Å². The van der Waals surface area contributed by atoms with E-state index in [2.05, 4.69) is 32.1 Å². The van der Waals surface area contributed by atoms with Gasteiger partial charge in [-0.1, -0.05) is 30.0 Å². The number of carbonyl (C=O) groups is 1. The van der Waals surface area contributed by atoms with Gasteiger partial charge in [-0.15, -0.1) is 5.10 Å². The van der Waals surface area contributed by atoms with E-state index in [9.17, 15) is 4.79 Å². The summed E-state index contributed by atoms with van der Waals surface area (Å²) < 4.78 is 1.62. The van der Waals surface area contributed by atoms with E-state index in [0.29, 0.717) is 10.9 Å². The molecule has 1 aliphatic heterocycles. The number of amides is 1. The second kappa shape index (κ2) is 7.33. The monoisotopic (exact) mass is 368 g/mol. The maximum Gasteiger partial charge on any atom is 0.253 e. The summed E-state index contributed by atoms with van der Waals surface area (Å²) in [5.41, 5.74) is 1.21. The van der Waals surface area contributed by atoms with Gasteiger partial charge in [0, 0.05) is 44.3 Å². The maximum atomic E-state index is 12.8. The molecule has 3 aromatic rings. The molecular formula is C18H20N6OS. The molecule has 2 aromatic heterocycles. The van der Waals surface area contributed by atoms with Crippen LogP contribution in [0.1, 0.15) is 6.92 Å². The lowest BCUT2D eigenvalue weighted by Gasteiger charge is -2.37. The molecule has 1 saturated heterocycles. The Morgan fingerprint density at radius 3 is 2.62 bits per heavy atom. The molecular weight excluding hydrogens is 348 g/mol. The first-order valence-electron chi connectivity index (χ1n) is 8.63. The number of nitrogens with zero attached hydrogens (tertiary/aromatic N) is 6. The largest absolute Gasteiger partial charge is 0.368 e. The predicted octanol–water partition coefficient (Wildman–Crippen LogP) is 1.95. The molecule has 1 fully saturated rings. The summed E-state index contributed by atoms with van der Waals surface area (Å²) in [5, 5.41) is 4.71. The summed E-state index contributed by atoms with van der Waals surface area (Å²) in [7, 11) is 0. The molecule has 0 bridgehead atoms. The smallest absolute Gasteiger partial charge is 0.253 e. The van der Waals surface area contributed by atoms with Crippen LogP contribution in [-0.4, -0.2) is 61.8 Å². The second-order valence-electron chi connectivity index (χ2n) is 6.17. The van der Waals surface area contributed by atoms with Crippen molar-refractivity contribution in [2.45, 2.75) is 17.3 Å².